The largest absolute Gasteiger partial charge is 0.341 e. The summed E-state index contributed by atoms with van der Waals surface area (Å²) < 4.78 is 0. The standard InChI is InChI=1S/C9H11NO/c1-4-7-10-9(11)6-5-8(2)3/h1,6H,7H2,2-3H3,(H,10,11). The van der Waals surface area contributed by atoms with E-state index in [0.29, 0.717) is 0 Å². The van der Waals surface area contributed by atoms with Gasteiger partial charge in [0, 0.05) is 6.08 Å². The summed E-state index contributed by atoms with van der Waals surface area (Å²) in [6.07, 6.45) is 6.27. The quantitative estimate of drug-likeness (QED) is 0.352. The minimum absolute atomic E-state index is 0.204. The molecule has 1 N–H and O–H groups in total. The number of nitrogens with one attached hydrogen (secondary N) is 1. The highest BCUT2D eigenvalue weighted by atomic mass is 16.1. The fourth-order valence-corrected chi connectivity index (χ4v) is 0.399. The van der Waals surface area contributed by atoms with Gasteiger partial charge in [0.1, 0.15) is 0 Å². The van der Waals surface area contributed by atoms with Gasteiger partial charge in [0.15, 0.2) is 0 Å². The van der Waals surface area contributed by atoms with Crippen LogP contribution in [0.1, 0.15) is 13.8 Å². The summed E-state index contributed by atoms with van der Waals surface area (Å²) in [5.74, 6) is 2.10. The molecule has 2 nitrogen and oxygen atoms in total. The van der Waals surface area contributed by atoms with Crippen molar-refractivity contribution in [2.24, 2.45) is 0 Å². The number of amides is 1. The summed E-state index contributed by atoms with van der Waals surface area (Å²) in [5, 5.41) is 2.48. The average molecular weight is 149 g/mol. The van der Waals surface area contributed by atoms with Gasteiger partial charge in [0.25, 0.3) is 5.91 Å². The van der Waals surface area contributed by atoms with Crippen molar-refractivity contribution in [3.8, 4) is 12.3 Å². The minimum Gasteiger partial charge on any atom is -0.341 e. The third kappa shape index (κ3) is 6.44. The molecule has 11 heavy (non-hydrogen) atoms. The van der Waals surface area contributed by atoms with E-state index in [0.717, 1.165) is 5.57 Å². The first-order valence-corrected chi connectivity index (χ1v) is 3.28. The molecule has 0 atom stereocenters. The zero-order valence-electron chi connectivity index (χ0n) is 6.77. The summed E-state index contributed by atoms with van der Waals surface area (Å²) in [4.78, 5) is 10.8. The molecule has 0 radical (unpaired) electrons. The van der Waals surface area contributed by atoms with Crippen molar-refractivity contribution in [2.75, 3.05) is 6.54 Å². The number of hydrogen-bond acceptors (Lipinski definition) is 1. The average Bonchev–Trinajstić information content (AvgIpc) is 1.97. The van der Waals surface area contributed by atoms with Crippen LogP contribution in [-0.2, 0) is 4.79 Å². The van der Waals surface area contributed by atoms with Crippen LogP contribution < -0.4 is 5.32 Å². The Labute approximate surface area is 67.0 Å². The lowest BCUT2D eigenvalue weighted by Gasteiger charge is -1.90. The Morgan fingerprint density at radius 2 is 2.27 bits per heavy atom. The molecule has 0 unspecified atom stereocenters. The monoisotopic (exact) mass is 149 g/mol. The molecule has 0 rings (SSSR count). The minimum atomic E-state index is -0.204. The van der Waals surface area contributed by atoms with Gasteiger partial charge in [-0.15, -0.1) is 12.2 Å². The maximum absolute atomic E-state index is 10.8. The maximum Gasteiger partial charge on any atom is 0.252 e. The van der Waals surface area contributed by atoms with E-state index in [1.807, 2.05) is 13.8 Å². The molecule has 0 saturated heterocycles. The fourth-order valence-electron chi connectivity index (χ4n) is 0.399. The number of terminal acetylenes is 1. The van der Waals surface area contributed by atoms with Gasteiger partial charge in [0.05, 0.1) is 6.54 Å². The van der Waals surface area contributed by atoms with Crippen LogP contribution in [0.3, 0.4) is 0 Å². The highest BCUT2D eigenvalue weighted by Gasteiger charge is 1.88. The first kappa shape index (κ1) is 9.55. The second kappa shape index (κ2) is 5.34. The van der Waals surface area contributed by atoms with E-state index in [1.165, 1.54) is 6.08 Å². The summed E-state index contributed by atoms with van der Waals surface area (Å²) in [6, 6.07) is 0. The Balaban J connectivity index is 3.91. The predicted molar refractivity (Wildman–Crippen MR) is 44.8 cm³/mol. The Hall–Kier alpha value is -1.45. The first-order chi connectivity index (χ1) is 5.16. The Kier molecular flexibility index (Phi) is 4.64. The predicted octanol–water partition coefficient (Wildman–Crippen LogP) is 0.857. The van der Waals surface area contributed by atoms with E-state index in [2.05, 4.69) is 17.0 Å². The smallest absolute Gasteiger partial charge is 0.252 e. The van der Waals surface area contributed by atoms with Gasteiger partial charge in [-0.3, -0.25) is 4.79 Å². The Morgan fingerprint density at radius 3 is 2.73 bits per heavy atom. The van der Waals surface area contributed by atoms with Gasteiger partial charge in [-0.05, 0) is 19.4 Å². The van der Waals surface area contributed by atoms with Crippen molar-refractivity contribution in [1.82, 2.24) is 5.32 Å². The molecular weight excluding hydrogens is 138 g/mol. The molecule has 0 aliphatic rings. The van der Waals surface area contributed by atoms with E-state index in [1.54, 1.807) is 0 Å². The summed E-state index contributed by atoms with van der Waals surface area (Å²) in [5.41, 5.74) is 3.72. The molecule has 0 aromatic carbocycles. The molecule has 0 saturated carbocycles. The van der Waals surface area contributed by atoms with Crippen LogP contribution in [0.2, 0.25) is 0 Å². The van der Waals surface area contributed by atoms with Gasteiger partial charge in [-0.1, -0.05) is 5.92 Å². The summed E-state index contributed by atoms with van der Waals surface area (Å²) in [7, 11) is 0. The Bertz CT molecular complexity index is 235. The zero-order chi connectivity index (χ0) is 8.69. The topological polar surface area (TPSA) is 29.1 Å². The number of rotatable bonds is 2. The second-order valence-corrected chi connectivity index (χ2v) is 2.21. The summed E-state index contributed by atoms with van der Waals surface area (Å²) >= 11 is 0. The van der Waals surface area contributed by atoms with Crippen LogP contribution in [0, 0.1) is 12.3 Å². The van der Waals surface area contributed by atoms with Crippen LogP contribution in [-0.4, -0.2) is 12.5 Å². The molecule has 0 spiro atoms. The highest BCUT2D eigenvalue weighted by Crippen LogP contribution is 1.82. The molecule has 0 aliphatic heterocycles. The number of hydrogen-bond donors (Lipinski definition) is 1. The van der Waals surface area contributed by atoms with E-state index in [9.17, 15) is 4.79 Å². The third-order valence-electron chi connectivity index (χ3n) is 0.857. The number of carbonyl (C=O) groups excluding carboxylic acids is 1. The molecule has 0 aromatic rings. The van der Waals surface area contributed by atoms with Crippen molar-refractivity contribution in [3.63, 3.8) is 0 Å². The van der Waals surface area contributed by atoms with E-state index in [-0.39, 0.29) is 12.5 Å². The lowest BCUT2D eigenvalue weighted by molar-refractivity contribution is -0.116. The van der Waals surface area contributed by atoms with Crippen LogP contribution in [0.15, 0.2) is 17.4 Å². The SMILES string of the molecule is C#CCNC(=O)C=C=C(C)C. The fraction of sp³-hybridized carbons (Fsp3) is 0.333. The first-order valence-electron chi connectivity index (χ1n) is 3.28. The zero-order valence-corrected chi connectivity index (χ0v) is 6.77. The maximum atomic E-state index is 10.8. The van der Waals surface area contributed by atoms with Crippen LogP contribution in [0.5, 0.6) is 0 Å². The van der Waals surface area contributed by atoms with Gasteiger partial charge in [-0.2, -0.15) is 0 Å². The van der Waals surface area contributed by atoms with Gasteiger partial charge >= 0.3 is 0 Å². The molecule has 2 heteroatoms. The lowest BCUT2D eigenvalue weighted by atomic mass is 10.3. The molecule has 58 valence electrons. The number of carbonyl (C=O) groups is 1. The molecule has 0 aromatic heterocycles. The van der Waals surface area contributed by atoms with Crippen LogP contribution >= 0.6 is 0 Å². The van der Waals surface area contributed by atoms with Gasteiger partial charge in [0.2, 0.25) is 0 Å². The molecule has 0 bridgehead atoms. The molecule has 0 fully saturated rings. The second-order valence-electron chi connectivity index (χ2n) is 2.21. The Morgan fingerprint density at radius 1 is 1.64 bits per heavy atom. The van der Waals surface area contributed by atoms with E-state index in [4.69, 9.17) is 6.42 Å². The van der Waals surface area contributed by atoms with Crippen LogP contribution in [0.4, 0.5) is 0 Å². The van der Waals surface area contributed by atoms with Crippen molar-refractivity contribution in [3.05, 3.63) is 17.4 Å². The molecule has 0 aliphatic carbocycles. The van der Waals surface area contributed by atoms with E-state index < -0.39 is 0 Å². The molecular formula is C9H11NO. The van der Waals surface area contributed by atoms with Crippen molar-refractivity contribution < 1.29 is 4.79 Å². The highest BCUT2D eigenvalue weighted by molar-refractivity contribution is 5.87. The van der Waals surface area contributed by atoms with Crippen molar-refractivity contribution in [1.29, 1.82) is 0 Å². The van der Waals surface area contributed by atoms with Gasteiger partial charge < -0.3 is 5.32 Å². The van der Waals surface area contributed by atoms with E-state index >= 15 is 0 Å². The third-order valence-corrected chi connectivity index (χ3v) is 0.857. The van der Waals surface area contributed by atoms with Crippen LogP contribution in [0.25, 0.3) is 0 Å². The van der Waals surface area contributed by atoms with Crippen molar-refractivity contribution in [2.45, 2.75) is 13.8 Å². The van der Waals surface area contributed by atoms with Crippen molar-refractivity contribution >= 4 is 5.91 Å². The molecule has 0 heterocycles. The molecule has 1 amide bonds. The lowest BCUT2D eigenvalue weighted by Crippen LogP contribution is -2.20. The summed E-state index contributed by atoms with van der Waals surface area (Å²) in [6.45, 7) is 4.00. The normalized spacial score (nSPS) is 7.36. The van der Waals surface area contributed by atoms with Gasteiger partial charge in [-0.25, -0.2) is 0 Å².